The van der Waals surface area contributed by atoms with E-state index in [1.54, 1.807) is 6.07 Å². The number of rotatable bonds is 15. The molecule has 0 spiro atoms. The van der Waals surface area contributed by atoms with Crippen LogP contribution in [0.5, 0.6) is 28.7 Å². The van der Waals surface area contributed by atoms with Crippen molar-refractivity contribution in [2.24, 2.45) is 0 Å². The molecule has 0 amide bonds. The summed E-state index contributed by atoms with van der Waals surface area (Å²) in [5, 5.41) is 1.09. The molecule has 0 bridgehead atoms. The Bertz CT molecular complexity index is 1970. The Balaban J connectivity index is 1.72. The number of methoxy groups -OCH3 is 5. The molecule has 2 saturated heterocycles. The van der Waals surface area contributed by atoms with Gasteiger partial charge in [-0.3, -0.25) is 0 Å². The fourth-order valence-corrected chi connectivity index (χ4v) is 10.1. The molecular formula is C42H46F5O10P. The lowest BCUT2D eigenvalue weighted by Crippen LogP contribution is -2.33. The highest BCUT2D eigenvalue weighted by molar-refractivity contribution is 7.80. The van der Waals surface area contributed by atoms with Gasteiger partial charge in [-0.1, -0.05) is 32.0 Å². The van der Waals surface area contributed by atoms with Gasteiger partial charge < -0.3 is 47.4 Å². The monoisotopic (exact) mass is 836 g/mol. The molecule has 0 saturated carbocycles. The Labute approximate surface area is 335 Å². The van der Waals surface area contributed by atoms with Crippen molar-refractivity contribution in [2.75, 3.05) is 68.8 Å². The minimum atomic E-state index is -2.30. The van der Waals surface area contributed by atoms with E-state index < -0.39 is 66.5 Å². The molecule has 0 aliphatic carbocycles. The quantitative estimate of drug-likeness (QED) is 0.0393. The zero-order valence-corrected chi connectivity index (χ0v) is 34.5. The molecule has 2 fully saturated rings. The number of benzene rings is 4. The van der Waals surface area contributed by atoms with E-state index in [4.69, 9.17) is 47.4 Å². The average molecular weight is 837 g/mol. The lowest BCUT2D eigenvalue weighted by atomic mass is 9.92. The average Bonchev–Trinajstić information content (AvgIpc) is 3.90. The SMILES string of the molecule is COCOc1c(-c2c(F)c(F)c(F)c(F)c2F)cccc1P(c1c(OC)cc(C(C)C2(C)OCCO2)cc1OC)c1c(OC)cc(C(C)C2(C)OCCO2)cc1OC. The standard InChI is InChI=1S/C42H46F5O10P/c1-22(41(3)54-13-14-55-41)24-17-27(49-6)39(28(18-24)50-7)58(40-29(51-8)19-25(20-30(40)52-9)23(2)42(4)56-15-16-57-42)31-12-10-11-26(38(31)53-21-48-5)32-33(43)35(45)37(47)36(46)34(32)44/h10-12,17-20,22-23H,13-16,21H2,1-9H3. The first-order valence-corrected chi connectivity index (χ1v) is 19.7. The third kappa shape index (κ3) is 7.68. The molecule has 2 unspecified atom stereocenters. The van der Waals surface area contributed by atoms with Crippen molar-refractivity contribution in [2.45, 2.75) is 51.1 Å². The minimum absolute atomic E-state index is 0.229. The third-order valence-electron chi connectivity index (χ3n) is 10.8. The first-order valence-electron chi connectivity index (χ1n) is 18.3. The maximum absolute atomic E-state index is 15.7. The molecule has 16 heteroatoms. The Morgan fingerprint density at radius 2 is 0.983 bits per heavy atom. The maximum Gasteiger partial charge on any atom is 0.200 e. The van der Waals surface area contributed by atoms with Gasteiger partial charge in [-0.25, -0.2) is 22.0 Å². The van der Waals surface area contributed by atoms with Crippen LogP contribution in [0.1, 0.15) is 50.7 Å². The van der Waals surface area contributed by atoms with Crippen LogP contribution in [0, 0.1) is 29.1 Å². The molecule has 2 aliphatic heterocycles. The van der Waals surface area contributed by atoms with E-state index in [-0.39, 0.29) is 22.9 Å². The summed E-state index contributed by atoms with van der Waals surface area (Å²) in [6.45, 7) is 8.73. The molecule has 314 valence electrons. The van der Waals surface area contributed by atoms with Gasteiger partial charge in [-0.05, 0) is 49.2 Å². The summed E-state index contributed by atoms with van der Waals surface area (Å²) in [6.07, 6.45) is 0. The molecule has 0 aromatic heterocycles. The van der Waals surface area contributed by atoms with Crippen LogP contribution in [0.3, 0.4) is 0 Å². The van der Waals surface area contributed by atoms with Gasteiger partial charge in [0.25, 0.3) is 0 Å². The van der Waals surface area contributed by atoms with Crippen LogP contribution in [0.25, 0.3) is 11.1 Å². The zero-order chi connectivity index (χ0) is 42.1. The van der Waals surface area contributed by atoms with Gasteiger partial charge >= 0.3 is 0 Å². The second-order valence-electron chi connectivity index (χ2n) is 13.9. The topological polar surface area (TPSA) is 92.3 Å². The highest BCUT2D eigenvalue weighted by Crippen LogP contribution is 2.52. The molecule has 4 aromatic rings. The van der Waals surface area contributed by atoms with Crippen LogP contribution < -0.4 is 39.6 Å². The Morgan fingerprint density at radius 3 is 1.34 bits per heavy atom. The van der Waals surface area contributed by atoms with E-state index in [2.05, 4.69) is 0 Å². The second-order valence-corrected chi connectivity index (χ2v) is 15.9. The number of hydrogen-bond acceptors (Lipinski definition) is 10. The number of halogens is 5. The van der Waals surface area contributed by atoms with Crippen LogP contribution in [-0.2, 0) is 23.7 Å². The first-order chi connectivity index (χ1) is 27.7. The normalized spacial score (nSPS) is 17.5. The van der Waals surface area contributed by atoms with Crippen LogP contribution in [0.15, 0.2) is 42.5 Å². The van der Waals surface area contributed by atoms with Crippen molar-refractivity contribution >= 4 is 23.8 Å². The fourth-order valence-electron chi connectivity index (χ4n) is 7.30. The second kappa shape index (κ2) is 17.5. The largest absolute Gasteiger partial charge is 0.496 e. The summed E-state index contributed by atoms with van der Waals surface area (Å²) >= 11 is 0. The van der Waals surface area contributed by atoms with Crippen LogP contribution >= 0.6 is 7.92 Å². The summed E-state index contributed by atoms with van der Waals surface area (Å²) in [4.78, 5) is 0. The van der Waals surface area contributed by atoms with Crippen molar-refractivity contribution in [3.8, 4) is 39.9 Å². The lowest BCUT2D eigenvalue weighted by molar-refractivity contribution is -0.157. The molecule has 2 heterocycles. The Morgan fingerprint density at radius 1 is 0.603 bits per heavy atom. The minimum Gasteiger partial charge on any atom is -0.496 e. The smallest absolute Gasteiger partial charge is 0.200 e. The summed E-state index contributed by atoms with van der Waals surface area (Å²) in [6, 6.07) is 11.5. The first kappa shape index (κ1) is 43.3. The summed E-state index contributed by atoms with van der Waals surface area (Å²) in [7, 11) is 5.05. The zero-order valence-electron chi connectivity index (χ0n) is 33.7. The van der Waals surface area contributed by atoms with Gasteiger partial charge in [-0.2, -0.15) is 0 Å². The van der Waals surface area contributed by atoms with Gasteiger partial charge in [0.05, 0.1) is 71.0 Å². The molecule has 2 atom stereocenters. The number of hydrogen-bond donors (Lipinski definition) is 0. The molecule has 10 nitrogen and oxygen atoms in total. The van der Waals surface area contributed by atoms with Crippen LogP contribution in [0.4, 0.5) is 22.0 Å². The highest BCUT2D eigenvalue weighted by atomic mass is 31.1. The van der Waals surface area contributed by atoms with E-state index in [0.717, 1.165) is 11.1 Å². The van der Waals surface area contributed by atoms with Gasteiger partial charge in [0.15, 0.2) is 41.6 Å². The predicted octanol–water partition coefficient (Wildman–Crippen LogP) is 7.56. The summed E-state index contributed by atoms with van der Waals surface area (Å²) in [5.41, 5.74) is -0.167. The van der Waals surface area contributed by atoms with Crippen molar-refractivity contribution < 1.29 is 69.3 Å². The predicted molar refractivity (Wildman–Crippen MR) is 207 cm³/mol. The van der Waals surface area contributed by atoms with Gasteiger partial charge in [0.2, 0.25) is 5.82 Å². The Kier molecular flexibility index (Phi) is 13.1. The van der Waals surface area contributed by atoms with E-state index in [1.807, 2.05) is 52.0 Å². The van der Waals surface area contributed by atoms with Gasteiger partial charge in [0.1, 0.15) is 28.7 Å². The summed E-state index contributed by atoms with van der Waals surface area (Å²) in [5.74, 6) is -12.2. The maximum atomic E-state index is 15.7. The molecule has 58 heavy (non-hydrogen) atoms. The van der Waals surface area contributed by atoms with Crippen LogP contribution in [-0.4, -0.2) is 80.3 Å². The molecule has 2 aliphatic rings. The fraction of sp³-hybridized carbons (Fsp3) is 0.429. The summed E-state index contributed by atoms with van der Waals surface area (Å²) < 4.78 is 135. The van der Waals surface area contributed by atoms with Crippen molar-refractivity contribution in [1.82, 2.24) is 0 Å². The molecular weight excluding hydrogens is 790 g/mol. The molecule has 0 radical (unpaired) electrons. The van der Waals surface area contributed by atoms with Crippen molar-refractivity contribution in [1.29, 1.82) is 0 Å². The molecule has 6 rings (SSSR count). The third-order valence-corrected chi connectivity index (χ3v) is 13.4. The number of ether oxygens (including phenoxy) is 10. The van der Waals surface area contributed by atoms with E-state index in [0.29, 0.717) is 60.0 Å². The molecule has 0 N–H and O–H groups in total. The lowest BCUT2D eigenvalue weighted by Gasteiger charge is -2.33. The Hall–Kier alpha value is -4.24. The number of para-hydroxylation sites is 1. The highest BCUT2D eigenvalue weighted by Gasteiger charge is 2.42. The van der Waals surface area contributed by atoms with E-state index >= 15 is 8.78 Å². The van der Waals surface area contributed by atoms with Crippen LogP contribution in [0.2, 0.25) is 0 Å². The van der Waals surface area contributed by atoms with Gasteiger partial charge in [0, 0.05) is 37.7 Å². The molecule has 4 aromatic carbocycles. The van der Waals surface area contributed by atoms with E-state index in [1.165, 1.54) is 47.7 Å². The van der Waals surface area contributed by atoms with Crippen molar-refractivity contribution in [3.05, 3.63) is 82.7 Å². The van der Waals surface area contributed by atoms with Gasteiger partial charge in [-0.15, -0.1) is 0 Å². The van der Waals surface area contributed by atoms with E-state index in [9.17, 15) is 13.2 Å². The van der Waals surface area contributed by atoms with Crippen molar-refractivity contribution in [3.63, 3.8) is 0 Å².